The predicted molar refractivity (Wildman–Crippen MR) is 139 cm³/mol. The molecular formula is C27H25N2O2PS. The molecule has 4 nitrogen and oxygen atoms in total. The fourth-order valence-corrected chi connectivity index (χ4v) is 8.48. The van der Waals surface area contributed by atoms with Crippen LogP contribution in [0.15, 0.2) is 138 Å². The molecule has 33 heavy (non-hydrogen) atoms. The predicted octanol–water partition coefficient (Wildman–Crippen LogP) is 4.96. The summed E-state index contributed by atoms with van der Waals surface area (Å²) in [4.78, 5) is 0.152. The van der Waals surface area contributed by atoms with Gasteiger partial charge in [-0.25, -0.2) is 13.1 Å². The molecule has 0 aromatic heterocycles. The van der Waals surface area contributed by atoms with Crippen LogP contribution in [-0.2, 0) is 10.0 Å². The second-order valence-electron chi connectivity index (χ2n) is 7.35. The molecule has 0 unspecified atom stereocenters. The Morgan fingerprint density at radius 2 is 1.12 bits per heavy atom. The minimum absolute atomic E-state index is 0.146. The Morgan fingerprint density at radius 1 is 0.697 bits per heavy atom. The Labute approximate surface area is 195 Å². The lowest BCUT2D eigenvalue weighted by Gasteiger charge is -2.27. The summed E-state index contributed by atoms with van der Waals surface area (Å²) in [6.07, 6.45) is 1.52. The van der Waals surface area contributed by atoms with Gasteiger partial charge < -0.3 is 0 Å². The quantitative estimate of drug-likeness (QED) is 0.291. The van der Waals surface area contributed by atoms with E-state index in [1.165, 1.54) is 6.08 Å². The van der Waals surface area contributed by atoms with Crippen molar-refractivity contribution in [2.75, 3.05) is 6.54 Å². The van der Waals surface area contributed by atoms with Gasteiger partial charge in [0.1, 0.15) is 4.90 Å². The molecule has 0 aliphatic rings. The van der Waals surface area contributed by atoms with E-state index in [4.69, 9.17) is 4.74 Å². The Morgan fingerprint density at radius 3 is 1.58 bits per heavy atom. The molecule has 0 aliphatic heterocycles. The number of rotatable bonds is 8. The van der Waals surface area contributed by atoms with Crippen LogP contribution in [0.25, 0.3) is 0 Å². The molecule has 1 N–H and O–H groups in total. The first-order valence-corrected chi connectivity index (χ1v) is 13.8. The SMILES string of the molecule is C=CCNS(=O)(=O)c1ccccc1N=P(c1ccccc1)(c1ccccc1)c1ccccc1. The summed E-state index contributed by atoms with van der Waals surface area (Å²) in [7, 11) is -6.35. The number of nitrogens with one attached hydrogen (secondary N) is 1. The highest BCUT2D eigenvalue weighted by molar-refractivity contribution is 7.90. The fourth-order valence-electron chi connectivity index (χ4n) is 3.73. The minimum Gasteiger partial charge on any atom is -0.252 e. The van der Waals surface area contributed by atoms with Crippen molar-refractivity contribution in [3.8, 4) is 0 Å². The first-order chi connectivity index (χ1) is 16.1. The Balaban J connectivity index is 2.12. The molecule has 0 bridgehead atoms. The first kappa shape index (κ1) is 22.9. The van der Waals surface area contributed by atoms with E-state index < -0.39 is 17.1 Å². The number of hydrogen-bond acceptors (Lipinski definition) is 3. The third kappa shape index (κ3) is 4.76. The fraction of sp³-hybridized carbons (Fsp3) is 0.0370. The smallest absolute Gasteiger partial charge is 0.242 e. The first-order valence-electron chi connectivity index (χ1n) is 10.6. The van der Waals surface area contributed by atoms with Crippen LogP contribution in [0, 0.1) is 0 Å². The largest absolute Gasteiger partial charge is 0.252 e. The number of sulfonamides is 1. The van der Waals surface area contributed by atoms with Crippen LogP contribution in [-0.4, -0.2) is 15.0 Å². The second-order valence-corrected chi connectivity index (χ2v) is 12.1. The van der Waals surface area contributed by atoms with E-state index in [-0.39, 0.29) is 11.4 Å². The van der Waals surface area contributed by atoms with Crippen LogP contribution in [0.4, 0.5) is 5.69 Å². The van der Waals surface area contributed by atoms with Crippen molar-refractivity contribution in [3.63, 3.8) is 0 Å². The van der Waals surface area contributed by atoms with E-state index in [9.17, 15) is 8.42 Å². The minimum atomic E-state index is -3.77. The van der Waals surface area contributed by atoms with Crippen LogP contribution >= 0.6 is 7.05 Å². The Bertz CT molecular complexity index is 1280. The van der Waals surface area contributed by atoms with E-state index in [1.54, 1.807) is 18.2 Å². The topological polar surface area (TPSA) is 58.5 Å². The molecule has 4 aromatic rings. The van der Waals surface area contributed by atoms with E-state index >= 15 is 0 Å². The third-order valence-corrected chi connectivity index (χ3v) is 10.3. The lowest BCUT2D eigenvalue weighted by Crippen LogP contribution is -2.26. The zero-order valence-corrected chi connectivity index (χ0v) is 19.8. The van der Waals surface area contributed by atoms with Crippen LogP contribution in [0.5, 0.6) is 0 Å². The number of hydrogen-bond donors (Lipinski definition) is 1. The van der Waals surface area contributed by atoms with E-state index in [0.29, 0.717) is 5.69 Å². The highest BCUT2D eigenvalue weighted by Gasteiger charge is 2.29. The Hall–Kier alpha value is -3.24. The van der Waals surface area contributed by atoms with Gasteiger partial charge in [0, 0.05) is 22.5 Å². The normalized spacial score (nSPS) is 11.6. The van der Waals surface area contributed by atoms with Gasteiger partial charge in [0.2, 0.25) is 10.0 Å². The van der Waals surface area contributed by atoms with Gasteiger partial charge in [0.05, 0.1) is 12.7 Å². The van der Waals surface area contributed by atoms with E-state index in [2.05, 4.69) is 47.7 Å². The van der Waals surface area contributed by atoms with Crippen molar-refractivity contribution in [1.82, 2.24) is 4.72 Å². The highest BCUT2D eigenvalue weighted by atomic mass is 32.2. The van der Waals surface area contributed by atoms with Crippen LogP contribution in [0.3, 0.4) is 0 Å². The van der Waals surface area contributed by atoms with Gasteiger partial charge in [-0.2, -0.15) is 0 Å². The summed E-state index contributed by atoms with van der Waals surface area (Å²) in [6.45, 7) is 3.76. The van der Waals surface area contributed by atoms with Crippen LogP contribution < -0.4 is 20.6 Å². The molecule has 0 amide bonds. The maximum Gasteiger partial charge on any atom is 0.242 e. The monoisotopic (exact) mass is 472 g/mol. The van der Waals surface area contributed by atoms with Gasteiger partial charge in [-0.15, -0.1) is 6.58 Å². The molecule has 4 rings (SSSR count). The van der Waals surface area contributed by atoms with E-state index in [0.717, 1.165) is 15.9 Å². The molecule has 4 aromatic carbocycles. The van der Waals surface area contributed by atoms with Gasteiger partial charge in [-0.05, 0) is 12.1 Å². The van der Waals surface area contributed by atoms with Crippen molar-refractivity contribution in [3.05, 3.63) is 128 Å². The number of nitrogens with zero attached hydrogens (tertiary/aromatic N) is 1. The van der Waals surface area contributed by atoms with Gasteiger partial charge in [0.25, 0.3) is 0 Å². The molecule has 0 saturated carbocycles. The van der Waals surface area contributed by atoms with Crippen LogP contribution in [0.2, 0.25) is 0 Å². The molecule has 0 radical (unpaired) electrons. The molecule has 0 heterocycles. The summed E-state index contributed by atoms with van der Waals surface area (Å²) < 4.78 is 34.1. The maximum absolute atomic E-state index is 13.1. The van der Waals surface area contributed by atoms with Crippen molar-refractivity contribution in [2.45, 2.75) is 4.90 Å². The van der Waals surface area contributed by atoms with Gasteiger partial charge in [-0.3, -0.25) is 4.74 Å². The molecule has 0 aliphatic carbocycles. The molecule has 0 atom stereocenters. The zero-order chi connectivity index (χ0) is 23.2. The van der Waals surface area contributed by atoms with Crippen molar-refractivity contribution in [1.29, 1.82) is 0 Å². The van der Waals surface area contributed by atoms with Crippen LogP contribution in [0.1, 0.15) is 0 Å². The van der Waals surface area contributed by atoms with Gasteiger partial charge in [-0.1, -0.05) is 109 Å². The molecular weight excluding hydrogens is 447 g/mol. The lowest BCUT2D eigenvalue weighted by atomic mass is 10.3. The van der Waals surface area contributed by atoms with Crippen molar-refractivity contribution in [2.24, 2.45) is 4.74 Å². The molecule has 0 saturated heterocycles. The highest BCUT2D eigenvalue weighted by Crippen LogP contribution is 2.50. The summed E-state index contributed by atoms with van der Waals surface area (Å²) in [5.74, 6) is 0. The standard InChI is InChI=1S/C27H25N2O2PS/c1-2-22-28-33(30,31)27-21-13-12-20-26(27)29-32(23-14-6-3-7-15-23,24-16-8-4-9-17-24)25-18-10-5-11-19-25/h2-21,28H,1,22H2. The zero-order valence-electron chi connectivity index (χ0n) is 18.1. The summed E-state index contributed by atoms with van der Waals surface area (Å²) >= 11 is 0. The second kappa shape index (κ2) is 10.1. The molecule has 6 heteroatoms. The summed E-state index contributed by atoms with van der Waals surface area (Å²) in [5, 5.41) is 3.15. The average molecular weight is 473 g/mol. The van der Waals surface area contributed by atoms with Crippen molar-refractivity contribution < 1.29 is 8.42 Å². The third-order valence-electron chi connectivity index (χ3n) is 5.22. The van der Waals surface area contributed by atoms with Crippen molar-refractivity contribution >= 4 is 38.7 Å². The maximum atomic E-state index is 13.1. The summed E-state index contributed by atoms with van der Waals surface area (Å²) in [6, 6.07) is 37.3. The van der Waals surface area contributed by atoms with Gasteiger partial charge >= 0.3 is 0 Å². The lowest BCUT2D eigenvalue weighted by molar-refractivity contribution is 0.586. The average Bonchev–Trinajstić information content (AvgIpc) is 2.88. The molecule has 166 valence electrons. The number of benzene rings is 4. The van der Waals surface area contributed by atoms with E-state index in [1.807, 2.05) is 60.7 Å². The molecule has 0 spiro atoms. The van der Waals surface area contributed by atoms with Gasteiger partial charge in [0.15, 0.2) is 0 Å². The molecule has 0 fully saturated rings. The Kier molecular flexibility index (Phi) is 7.05. The summed E-state index contributed by atoms with van der Waals surface area (Å²) in [5.41, 5.74) is 0.430.